The largest absolute Gasteiger partial charge is 0.320 e. The van der Waals surface area contributed by atoms with Crippen LogP contribution in [0.1, 0.15) is 12.2 Å². The molecule has 0 aliphatic rings. The highest BCUT2D eigenvalue weighted by atomic mass is 79.9. The Kier molecular flexibility index (Phi) is 4.65. The van der Waals surface area contributed by atoms with Gasteiger partial charge < -0.3 is 5.32 Å². The Hall–Kier alpha value is -0.780. The molecule has 0 saturated carbocycles. The molecule has 3 nitrogen and oxygen atoms in total. The van der Waals surface area contributed by atoms with Gasteiger partial charge in [-0.15, -0.1) is 11.3 Å². The predicted octanol–water partition coefficient (Wildman–Crippen LogP) is 3.12. The van der Waals surface area contributed by atoms with Crippen LogP contribution in [0, 0.1) is 0 Å². The van der Waals surface area contributed by atoms with E-state index >= 15 is 0 Å². The van der Waals surface area contributed by atoms with Crippen molar-refractivity contribution in [1.82, 2.24) is 15.3 Å². The second-order valence-electron chi connectivity index (χ2n) is 3.69. The number of hydrogen-bond acceptors (Lipinski definition) is 4. The molecule has 0 aliphatic heterocycles. The fourth-order valence-corrected chi connectivity index (χ4v) is 2.93. The molecule has 0 bridgehead atoms. The van der Waals surface area contributed by atoms with Crippen LogP contribution >= 0.6 is 27.3 Å². The van der Waals surface area contributed by atoms with Crippen LogP contribution in [0.15, 0.2) is 28.2 Å². The van der Waals surface area contributed by atoms with Crippen LogP contribution in [0.25, 0.3) is 10.6 Å². The van der Waals surface area contributed by atoms with Gasteiger partial charge in [-0.05, 0) is 48.1 Å². The number of hydrogen-bond donors (Lipinski definition) is 1. The van der Waals surface area contributed by atoms with Gasteiger partial charge in [0.2, 0.25) is 0 Å². The lowest BCUT2D eigenvalue weighted by atomic mass is 10.2. The summed E-state index contributed by atoms with van der Waals surface area (Å²) in [6, 6.07) is 4.05. The second kappa shape index (κ2) is 6.23. The number of nitrogens with zero attached hydrogens (tertiary/aromatic N) is 2. The molecule has 1 N–H and O–H groups in total. The minimum absolute atomic E-state index is 0.918. The van der Waals surface area contributed by atoms with Gasteiger partial charge in [-0.25, -0.2) is 9.97 Å². The number of thiophene rings is 1. The van der Waals surface area contributed by atoms with Gasteiger partial charge in [-0.2, -0.15) is 0 Å². The van der Waals surface area contributed by atoms with Gasteiger partial charge in [0.25, 0.3) is 0 Å². The standard InChI is InChI=1S/C12H14BrN3S/c1-14-5-2-3-12-15-6-4-10(16-12)11-7-9(13)8-17-11/h4,6-8,14H,2-3,5H2,1H3. The monoisotopic (exact) mass is 311 g/mol. The lowest BCUT2D eigenvalue weighted by molar-refractivity contribution is 0.703. The molecule has 0 atom stereocenters. The van der Waals surface area contributed by atoms with E-state index in [4.69, 9.17) is 0 Å². The van der Waals surface area contributed by atoms with E-state index < -0.39 is 0 Å². The predicted molar refractivity (Wildman–Crippen MR) is 75.3 cm³/mol. The van der Waals surface area contributed by atoms with Crippen LogP contribution in [-0.2, 0) is 6.42 Å². The van der Waals surface area contributed by atoms with Crippen LogP contribution in [0.3, 0.4) is 0 Å². The van der Waals surface area contributed by atoms with Crippen LogP contribution in [-0.4, -0.2) is 23.6 Å². The summed E-state index contributed by atoms with van der Waals surface area (Å²) in [5.41, 5.74) is 1.01. The summed E-state index contributed by atoms with van der Waals surface area (Å²) in [7, 11) is 1.96. The molecule has 0 spiro atoms. The lowest BCUT2D eigenvalue weighted by Crippen LogP contribution is -2.09. The zero-order valence-corrected chi connectivity index (χ0v) is 12.0. The number of aromatic nitrogens is 2. The highest BCUT2D eigenvalue weighted by Crippen LogP contribution is 2.28. The zero-order valence-electron chi connectivity index (χ0n) is 9.61. The van der Waals surface area contributed by atoms with Crippen LogP contribution in [0.5, 0.6) is 0 Å². The summed E-state index contributed by atoms with van der Waals surface area (Å²) in [5, 5.41) is 5.20. The summed E-state index contributed by atoms with van der Waals surface area (Å²) in [6.45, 7) is 0.998. The quantitative estimate of drug-likeness (QED) is 0.862. The number of rotatable bonds is 5. The van der Waals surface area contributed by atoms with Crippen molar-refractivity contribution in [3.8, 4) is 10.6 Å². The molecule has 2 rings (SSSR count). The Morgan fingerprint density at radius 2 is 2.35 bits per heavy atom. The molecule has 0 unspecified atom stereocenters. The Morgan fingerprint density at radius 3 is 3.06 bits per heavy atom. The van der Waals surface area contributed by atoms with Crippen molar-refractivity contribution in [2.45, 2.75) is 12.8 Å². The van der Waals surface area contributed by atoms with Gasteiger partial charge >= 0.3 is 0 Å². The summed E-state index contributed by atoms with van der Waals surface area (Å²) < 4.78 is 1.10. The van der Waals surface area contributed by atoms with Gasteiger partial charge in [0.1, 0.15) is 5.82 Å². The van der Waals surface area contributed by atoms with Crippen LogP contribution < -0.4 is 5.32 Å². The molecule has 0 fully saturated rings. The molecule has 2 heterocycles. The molecule has 0 amide bonds. The highest BCUT2D eigenvalue weighted by Gasteiger charge is 2.04. The molecule has 5 heteroatoms. The maximum atomic E-state index is 4.58. The summed E-state index contributed by atoms with van der Waals surface area (Å²) in [6.07, 6.45) is 3.82. The van der Waals surface area contributed by atoms with Crippen LogP contribution in [0.4, 0.5) is 0 Å². The Bertz CT molecular complexity index is 484. The average Bonchev–Trinajstić information content (AvgIpc) is 2.77. The smallest absolute Gasteiger partial charge is 0.129 e. The highest BCUT2D eigenvalue weighted by molar-refractivity contribution is 9.10. The van der Waals surface area contributed by atoms with Gasteiger partial charge in [0.05, 0.1) is 10.6 Å². The molecule has 0 aliphatic carbocycles. The summed E-state index contributed by atoms with van der Waals surface area (Å²) >= 11 is 5.15. The molecule has 90 valence electrons. The number of halogens is 1. The van der Waals surface area contributed by atoms with E-state index in [0.717, 1.165) is 35.4 Å². The van der Waals surface area contributed by atoms with Gasteiger partial charge in [0, 0.05) is 22.5 Å². The molecule has 17 heavy (non-hydrogen) atoms. The van der Waals surface area contributed by atoms with E-state index in [9.17, 15) is 0 Å². The number of aryl methyl sites for hydroxylation is 1. The SMILES string of the molecule is CNCCCc1nccc(-c2cc(Br)cs2)n1. The maximum absolute atomic E-state index is 4.58. The average molecular weight is 312 g/mol. The molecule has 0 aromatic carbocycles. The molecule has 0 saturated heterocycles. The third kappa shape index (κ3) is 3.59. The Labute approximate surface area is 113 Å². The molecule has 0 radical (unpaired) electrons. The number of nitrogens with one attached hydrogen (secondary N) is 1. The van der Waals surface area contributed by atoms with Crippen molar-refractivity contribution in [1.29, 1.82) is 0 Å². The van der Waals surface area contributed by atoms with Gasteiger partial charge in [-0.1, -0.05) is 0 Å². The topological polar surface area (TPSA) is 37.8 Å². The normalized spacial score (nSPS) is 10.7. The van der Waals surface area contributed by atoms with Crippen LogP contribution in [0.2, 0.25) is 0 Å². The van der Waals surface area contributed by atoms with Gasteiger partial charge in [0.15, 0.2) is 0 Å². The third-order valence-corrected chi connectivity index (χ3v) is 4.07. The second-order valence-corrected chi connectivity index (χ2v) is 5.52. The van der Waals surface area contributed by atoms with Gasteiger partial charge in [-0.3, -0.25) is 0 Å². The molecular weight excluding hydrogens is 298 g/mol. The summed E-state index contributed by atoms with van der Waals surface area (Å²) in [5.74, 6) is 0.919. The first kappa shape index (κ1) is 12.7. The van der Waals surface area contributed by atoms with Crippen molar-refractivity contribution in [3.63, 3.8) is 0 Å². The molecule has 2 aromatic rings. The van der Waals surface area contributed by atoms with Crippen molar-refractivity contribution < 1.29 is 0 Å². The van der Waals surface area contributed by atoms with E-state index in [2.05, 4.69) is 42.7 Å². The van der Waals surface area contributed by atoms with E-state index in [1.165, 1.54) is 4.88 Å². The maximum Gasteiger partial charge on any atom is 0.129 e. The minimum Gasteiger partial charge on any atom is -0.320 e. The zero-order chi connectivity index (χ0) is 12.1. The lowest BCUT2D eigenvalue weighted by Gasteiger charge is -2.02. The first-order valence-electron chi connectivity index (χ1n) is 5.50. The fraction of sp³-hybridized carbons (Fsp3) is 0.333. The Morgan fingerprint density at radius 1 is 1.47 bits per heavy atom. The van der Waals surface area contributed by atoms with Crippen molar-refractivity contribution in [2.24, 2.45) is 0 Å². The minimum atomic E-state index is 0.918. The van der Waals surface area contributed by atoms with E-state index in [1.807, 2.05) is 19.3 Å². The first-order chi connectivity index (χ1) is 8.29. The van der Waals surface area contributed by atoms with Crippen molar-refractivity contribution >= 4 is 27.3 Å². The van der Waals surface area contributed by atoms with E-state index in [0.29, 0.717) is 0 Å². The van der Waals surface area contributed by atoms with Crippen molar-refractivity contribution in [3.05, 3.63) is 34.0 Å². The summed E-state index contributed by atoms with van der Waals surface area (Å²) in [4.78, 5) is 10.1. The van der Waals surface area contributed by atoms with E-state index in [1.54, 1.807) is 11.3 Å². The molecule has 2 aromatic heterocycles. The fourth-order valence-electron chi connectivity index (χ4n) is 1.53. The third-order valence-electron chi connectivity index (χ3n) is 2.35. The van der Waals surface area contributed by atoms with E-state index in [-0.39, 0.29) is 0 Å². The molecular formula is C12H14BrN3S. The Balaban J connectivity index is 2.11. The first-order valence-corrected chi connectivity index (χ1v) is 7.18. The van der Waals surface area contributed by atoms with Crippen molar-refractivity contribution in [2.75, 3.05) is 13.6 Å².